The molecule has 3 N–H and O–H groups in total. The zero-order chi connectivity index (χ0) is 18.1. The Morgan fingerprint density at radius 1 is 1.23 bits per heavy atom. The van der Waals surface area contributed by atoms with Crippen LogP contribution in [0.25, 0.3) is 5.52 Å². The van der Waals surface area contributed by atoms with E-state index < -0.39 is 11.7 Å². The Bertz CT molecular complexity index is 963. The van der Waals surface area contributed by atoms with Gasteiger partial charge in [0.2, 0.25) is 5.91 Å². The Labute approximate surface area is 149 Å². The predicted octanol–water partition coefficient (Wildman–Crippen LogP) is 2.83. The first kappa shape index (κ1) is 16.5. The van der Waals surface area contributed by atoms with Gasteiger partial charge in [-0.25, -0.2) is 8.91 Å². The second-order valence-corrected chi connectivity index (χ2v) is 6.43. The molecule has 7 heteroatoms. The van der Waals surface area contributed by atoms with E-state index in [-0.39, 0.29) is 11.3 Å². The van der Waals surface area contributed by atoms with Crippen LogP contribution in [0.15, 0.2) is 42.7 Å². The van der Waals surface area contributed by atoms with E-state index in [1.54, 1.807) is 10.7 Å². The molecular weight excluding hydrogens is 335 g/mol. The van der Waals surface area contributed by atoms with Crippen LogP contribution < -0.4 is 15.8 Å². The summed E-state index contributed by atoms with van der Waals surface area (Å²) in [5.74, 6) is -0.327. The maximum atomic E-state index is 14.3. The number of carbonyl (C=O) groups excluding carboxylic acids is 1. The fraction of sp³-hybridized carbons (Fsp3) is 0.263. The Hall–Kier alpha value is -2.93. The minimum atomic E-state index is -0.679. The highest BCUT2D eigenvalue weighted by molar-refractivity contribution is 5.92. The molecule has 3 aromatic rings. The summed E-state index contributed by atoms with van der Waals surface area (Å²) >= 11 is 0. The molecule has 0 atom stereocenters. The Morgan fingerprint density at radius 2 is 2.04 bits per heavy atom. The lowest BCUT2D eigenvalue weighted by Gasteiger charge is -2.23. The molecule has 4 rings (SSSR count). The molecule has 6 nitrogen and oxygen atoms in total. The number of aromatic nitrogens is 2. The van der Waals surface area contributed by atoms with Crippen LogP contribution in [-0.4, -0.2) is 28.6 Å². The summed E-state index contributed by atoms with van der Waals surface area (Å²) in [7, 11) is 0. The number of halogens is 1. The van der Waals surface area contributed by atoms with Crippen molar-refractivity contribution < 1.29 is 13.9 Å². The van der Waals surface area contributed by atoms with Gasteiger partial charge in [-0.15, -0.1) is 0 Å². The Balaban J connectivity index is 1.71. The molecule has 0 aliphatic carbocycles. The summed E-state index contributed by atoms with van der Waals surface area (Å²) in [6.07, 6.45) is 5.76. The second-order valence-electron chi connectivity index (χ2n) is 6.43. The van der Waals surface area contributed by atoms with E-state index in [0.29, 0.717) is 11.7 Å². The number of piperidine rings is 1. The lowest BCUT2D eigenvalue weighted by atomic mass is 9.91. The minimum absolute atomic E-state index is 0.0422. The average Bonchev–Trinajstić information content (AvgIpc) is 3.13. The van der Waals surface area contributed by atoms with Gasteiger partial charge in [-0.3, -0.25) is 4.79 Å². The maximum Gasteiger partial charge on any atom is 0.248 e. The molecule has 0 bridgehead atoms. The van der Waals surface area contributed by atoms with E-state index in [4.69, 9.17) is 10.5 Å². The third-order valence-corrected chi connectivity index (χ3v) is 4.74. The normalized spacial score (nSPS) is 15.3. The molecule has 1 aromatic carbocycles. The molecular formula is C19H19FN4O2. The SMILES string of the molecule is NC(=O)c1ccc(Oc2cc(C3CCNCC3)cn3nccc23)c(F)c1. The van der Waals surface area contributed by atoms with Crippen molar-refractivity contribution in [1.29, 1.82) is 0 Å². The molecule has 134 valence electrons. The second kappa shape index (κ2) is 6.76. The highest BCUT2D eigenvalue weighted by Gasteiger charge is 2.19. The standard InChI is InChI=1S/C19H19FN4O2/c20-15-9-13(19(21)25)1-2-17(15)26-18-10-14(12-3-6-22-7-4-12)11-24-16(18)5-8-23-24/h1-2,5,8-12,22H,3-4,6-7H2,(H2,21,25). The lowest BCUT2D eigenvalue weighted by molar-refractivity contribution is 0.1000. The molecule has 2 aromatic heterocycles. The van der Waals surface area contributed by atoms with E-state index in [1.807, 2.05) is 18.3 Å². The third kappa shape index (κ3) is 3.13. The number of carbonyl (C=O) groups is 1. The fourth-order valence-corrected chi connectivity index (χ4v) is 3.33. The van der Waals surface area contributed by atoms with Gasteiger partial charge in [-0.2, -0.15) is 5.10 Å². The van der Waals surface area contributed by atoms with Crippen LogP contribution in [0.1, 0.15) is 34.7 Å². The van der Waals surface area contributed by atoms with Crippen molar-refractivity contribution in [3.05, 3.63) is 59.7 Å². The number of primary amides is 1. The van der Waals surface area contributed by atoms with E-state index in [9.17, 15) is 9.18 Å². The molecule has 1 saturated heterocycles. The smallest absolute Gasteiger partial charge is 0.248 e. The Kier molecular flexibility index (Phi) is 4.30. The molecule has 1 fully saturated rings. The summed E-state index contributed by atoms with van der Waals surface area (Å²) in [4.78, 5) is 11.2. The van der Waals surface area contributed by atoms with E-state index in [1.165, 1.54) is 12.1 Å². The zero-order valence-corrected chi connectivity index (χ0v) is 14.1. The number of hydrogen-bond acceptors (Lipinski definition) is 4. The third-order valence-electron chi connectivity index (χ3n) is 4.74. The van der Waals surface area contributed by atoms with Crippen LogP contribution >= 0.6 is 0 Å². The van der Waals surface area contributed by atoms with Gasteiger partial charge in [0.25, 0.3) is 0 Å². The van der Waals surface area contributed by atoms with Gasteiger partial charge in [0.1, 0.15) is 5.52 Å². The highest BCUT2D eigenvalue weighted by Crippen LogP contribution is 2.33. The van der Waals surface area contributed by atoms with Crippen molar-refractivity contribution in [2.45, 2.75) is 18.8 Å². The first-order valence-electron chi connectivity index (χ1n) is 8.57. The first-order valence-corrected chi connectivity index (χ1v) is 8.57. The minimum Gasteiger partial charge on any atom is -0.452 e. The van der Waals surface area contributed by atoms with Crippen molar-refractivity contribution in [2.75, 3.05) is 13.1 Å². The van der Waals surface area contributed by atoms with Crippen LogP contribution in [0.5, 0.6) is 11.5 Å². The number of nitrogens with two attached hydrogens (primary N) is 1. The number of nitrogens with one attached hydrogen (secondary N) is 1. The maximum absolute atomic E-state index is 14.3. The van der Waals surface area contributed by atoms with Crippen molar-refractivity contribution >= 4 is 11.4 Å². The van der Waals surface area contributed by atoms with E-state index >= 15 is 0 Å². The monoisotopic (exact) mass is 354 g/mol. The number of nitrogens with zero attached hydrogens (tertiary/aromatic N) is 2. The number of benzene rings is 1. The Morgan fingerprint density at radius 3 is 2.77 bits per heavy atom. The van der Waals surface area contributed by atoms with Crippen LogP contribution in [0, 0.1) is 5.82 Å². The van der Waals surface area contributed by atoms with Crippen LogP contribution in [0.2, 0.25) is 0 Å². The number of hydrogen-bond donors (Lipinski definition) is 2. The molecule has 1 amide bonds. The van der Waals surface area contributed by atoms with Gasteiger partial charge < -0.3 is 15.8 Å². The number of fused-ring (bicyclic) bond motifs is 1. The number of ether oxygens (including phenoxy) is 1. The van der Waals surface area contributed by atoms with Gasteiger partial charge in [-0.05, 0) is 67.7 Å². The molecule has 1 aliphatic heterocycles. The van der Waals surface area contributed by atoms with Gasteiger partial charge in [0, 0.05) is 11.8 Å². The average molecular weight is 354 g/mol. The van der Waals surface area contributed by atoms with Crippen molar-refractivity contribution in [3.63, 3.8) is 0 Å². The number of pyridine rings is 1. The zero-order valence-electron chi connectivity index (χ0n) is 14.1. The van der Waals surface area contributed by atoms with Gasteiger partial charge in [-0.1, -0.05) is 0 Å². The van der Waals surface area contributed by atoms with E-state index in [0.717, 1.165) is 43.1 Å². The predicted molar refractivity (Wildman–Crippen MR) is 95.0 cm³/mol. The van der Waals surface area contributed by atoms with Crippen molar-refractivity contribution in [2.24, 2.45) is 5.73 Å². The van der Waals surface area contributed by atoms with E-state index in [2.05, 4.69) is 10.4 Å². The molecule has 0 saturated carbocycles. The summed E-state index contributed by atoms with van der Waals surface area (Å²) in [5, 5.41) is 7.65. The van der Waals surface area contributed by atoms with Crippen molar-refractivity contribution in [3.8, 4) is 11.5 Å². The van der Waals surface area contributed by atoms with Crippen LogP contribution in [-0.2, 0) is 0 Å². The van der Waals surface area contributed by atoms with Crippen molar-refractivity contribution in [1.82, 2.24) is 14.9 Å². The molecule has 3 heterocycles. The van der Waals surface area contributed by atoms with Gasteiger partial charge in [0.05, 0.1) is 6.20 Å². The number of amides is 1. The van der Waals surface area contributed by atoms with Crippen LogP contribution in [0.4, 0.5) is 4.39 Å². The first-order chi connectivity index (χ1) is 12.6. The largest absolute Gasteiger partial charge is 0.452 e. The van der Waals surface area contributed by atoms with Gasteiger partial charge in [0.15, 0.2) is 17.3 Å². The topological polar surface area (TPSA) is 81.7 Å². The summed E-state index contributed by atoms with van der Waals surface area (Å²) in [6, 6.07) is 7.72. The molecule has 0 unspecified atom stereocenters. The molecule has 0 radical (unpaired) electrons. The highest BCUT2D eigenvalue weighted by atomic mass is 19.1. The molecule has 0 spiro atoms. The summed E-state index contributed by atoms with van der Waals surface area (Å²) < 4.78 is 21.9. The van der Waals surface area contributed by atoms with Gasteiger partial charge >= 0.3 is 0 Å². The molecule has 1 aliphatic rings. The summed E-state index contributed by atoms with van der Waals surface area (Å²) in [6.45, 7) is 1.95. The fourth-order valence-electron chi connectivity index (χ4n) is 3.33. The molecule has 26 heavy (non-hydrogen) atoms. The number of rotatable bonds is 4. The quantitative estimate of drug-likeness (QED) is 0.755. The van der Waals surface area contributed by atoms with Crippen LogP contribution in [0.3, 0.4) is 0 Å². The summed E-state index contributed by atoms with van der Waals surface area (Å²) in [5.41, 5.74) is 7.16. The lowest BCUT2D eigenvalue weighted by Crippen LogP contribution is -2.26.